The third-order valence-electron chi connectivity index (χ3n) is 5.87. The zero-order valence-corrected chi connectivity index (χ0v) is 18.1. The zero-order chi connectivity index (χ0) is 21.1. The van der Waals surface area contributed by atoms with Crippen LogP contribution >= 0.6 is 0 Å². The lowest BCUT2D eigenvalue weighted by atomic mass is 10.1. The highest BCUT2D eigenvalue weighted by Crippen LogP contribution is 2.31. The molecule has 0 bridgehead atoms. The Morgan fingerprint density at radius 1 is 1.03 bits per heavy atom. The van der Waals surface area contributed by atoms with Crippen LogP contribution in [-0.2, 0) is 9.59 Å². The Hall–Kier alpha value is -2.82. The number of anilines is 3. The Balaban J connectivity index is 1.72. The predicted molar refractivity (Wildman–Crippen MR) is 120 cm³/mol. The molecule has 2 aromatic rings. The summed E-state index contributed by atoms with van der Waals surface area (Å²) in [5.74, 6) is -0.434. The van der Waals surface area contributed by atoms with Crippen molar-refractivity contribution >= 4 is 28.9 Å². The highest BCUT2D eigenvalue weighted by molar-refractivity contribution is 6.04. The van der Waals surface area contributed by atoms with Gasteiger partial charge in [0.2, 0.25) is 11.8 Å². The topological polar surface area (TPSA) is 52.6 Å². The van der Waals surface area contributed by atoms with Crippen LogP contribution in [0.1, 0.15) is 37.0 Å². The fourth-order valence-electron chi connectivity index (χ4n) is 3.91. The van der Waals surface area contributed by atoms with Crippen LogP contribution in [0.2, 0.25) is 0 Å². The van der Waals surface area contributed by atoms with Gasteiger partial charge in [-0.1, -0.05) is 6.07 Å². The first kappa shape index (κ1) is 20.9. The molecule has 0 aliphatic carbocycles. The summed E-state index contributed by atoms with van der Waals surface area (Å²) in [6, 6.07) is 12.1. The van der Waals surface area contributed by atoms with Gasteiger partial charge in [-0.25, -0.2) is 0 Å². The fraction of sp³-hybridized carbons (Fsp3) is 0.417. The number of rotatable bonds is 6. The second-order valence-corrected chi connectivity index (χ2v) is 7.84. The van der Waals surface area contributed by atoms with Gasteiger partial charge in [0, 0.05) is 43.1 Å². The molecule has 2 aromatic carbocycles. The molecule has 0 saturated carbocycles. The minimum Gasteiger partial charge on any atom is -0.372 e. The summed E-state index contributed by atoms with van der Waals surface area (Å²) < 4.78 is 0. The van der Waals surface area contributed by atoms with Crippen molar-refractivity contribution < 1.29 is 9.59 Å². The summed E-state index contributed by atoms with van der Waals surface area (Å²) in [4.78, 5) is 29.4. The minimum absolute atomic E-state index is 0.00364. The summed E-state index contributed by atoms with van der Waals surface area (Å²) in [7, 11) is 0. The number of carbonyl (C=O) groups is 2. The number of carbonyl (C=O) groups excluding carboxylic acids is 2. The van der Waals surface area contributed by atoms with Gasteiger partial charge in [-0.15, -0.1) is 0 Å². The quantitative estimate of drug-likeness (QED) is 0.789. The molecule has 2 amide bonds. The summed E-state index contributed by atoms with van der Waals surface area (Å²) in [5.41, 5.74) is 6.21. The molecule has 1 unspecified atom stereocenters. The van der Waals surface area contributed by atoms with Gasteiger partial charge >= 0.3 is 0 Å². The molecular formula is C24H31N3O2. The van der Waals surface area contributed by atoms with Crippen molar-refractivity contribution in [3.63, 3.8) is 0 Å². The smallest absolute Gasteiger partial charge is 0.229 e. The van der Waals surface area contributed by atoms with Gasteiger partial charge in [-0.2, -0.15) is 0 Å². The molecule has 0 spiro atoms. The molecule has 1 heterocycles. The minimum atomic E-state index is -0.342. The Labute approximate surface area is 173 Å². The van der Waals surface area contributed by atoms with Gasteiger partial charge in [0.1, 0.15) is 0 Å². The normalized spacial score (nSPS) is 16.2. The lowest BCUT2D eigenvalue weighted by molar-refractivity contribution is -0.122. The van der Waals surface area contributed by atoms with E-state index in [4.69, 9.17) is 0 Å². The maximum absolute atomic E-state index is 12.7. The molecule has 1 aliphatic heterocycles. The number of benzene rings is 2. The fourth-order valence-corrected chi connectivity index (χ4v) is 3.91. The molecule has 29 heavy (non-hydrogen) atoms. The molecule has 1 N–H and O–H groups in total. The van der Waals surface area contributed by atoms with Gasteiger partial charge in [0.15, 0.2) is 0 Å². The van der Waals surface area contributed by atoms with Gasteiger partial charge in [0.05, 0.1) is 5.92 Å². The molecule has 0 aromatic heterocycles. The highest BCUT2D eigenvalue weighted by Gasteiger charge is 2.35. The summed E-state index contributed by atoms with van der Waals surface area (Å²) in [6.07, 6.45) is 0.244. The number of aryl methyl sites for hydroxylation is 3. The van der Waals surface area contributed by atoms with E-state index in [2.05, 4.69) is 36.2 Å². The number of hydrogen-bond donors (Lipinski definition) is 1. The molecule has 1 saturated heterocycles. The first-order valence-corrected chi connectivity index (χ1v) is 10.4. The number of hydrogen-bond acceptors (Lipinski definition) is 3. The largest absolute Gasteiger partial charge is 0.372 e. The van der Waals surface area contributed by atoms with Crippen LogP contribution in [0, 0.1) is 26.7 Å². The van der Waals surface area contributed by atoms with E-state index in [0.29, 0.717) is 6.54 Å². The zero-order valence-electron chi connectivity index (χ0n) is 18.1. The van der Waals surface area contributed by atoms with Crippen molar-refractivity contribution in [2.24, 2.45) is 5.92 Å². The predicted octanol–water partition coefficient (Wildman–Crippen LogP) is 4.45. The van der Waals surface area contributed by atoms with Gasteiger partial charge in [-0.05, 0) is 81.6 Å². The van der Waals surface area contributed by atoms with E-state index in [-0.39, 0.29) is 24.2 Å². The Kier molecular flexibility index (Phi) is 6.26. The van der Waals surface area contributed by atoms with Gasteiger partial charge < -0.3 is 15.1 Å². The summed E-state index contributed by atoms with van der Waals surface area (Å²) >= 11 is 0. The van der Waals surface area contributed by atoms with E-state index in [1.165, 1.54) is 5.56 Å². The van der Waals surface area contributed by atoms with Crippen molar-refractivity contribution in [2.75, 3.05) is 34.8 Å². The summed E-state index contributed by atoms with van der Waals surface area (Å²) in [5, 5.41) is 2.97. The molecule has 154 valence electrons. The van der Waals surface area contributed by atoms with Crippen LogP contribution in [0.15, 0.2) is 36.4 Å². The average molecular weight is 394 g/mol. The van der Waals surface area contributed by atoms with Crippen LogP contribution in [0.3, 0.4) is 0 Å². The Morgan fingerprint density at radius 2 is 1.76 bits per heavy atom. The molecule has 3 rings (SSSR count). The van der Waals surface area contributed by atoms with E-state index in [0.717, 1.165) is 41.3 Å². The lowest BCUT2D eigenvalue weighted by Crippen LogP contribution is -2.29. The SMILES string of the molecule is CCN(CC)c1ccc(N2CC(C(=O)Nc3ccc(C)c(C)c3)CC2=O)c(C)c1. The second kappa shape index (κ2) is 8.68. The van der Waals surface area contributed by atoms with E-state index < -0.39 is 0 Å². The van der Waals surface area contributed by atoms with Crippen molar-refractivity contribution in [1.82, 2.24) is 0 Å². The number of nitrogens with one attached hydrogen (secondary N) is 1. The van der Waals surface area contributed by atoms with Crippen molar-refractivity contribution in [3.05, 3.63) is 53.1 Å². The maximum atomic E-state index is 12.7. The average Bonchev–Trinajstić information content (AvgIpc) is 3.07. The van der Waals surface area contributed by atoms with Gasteiger partial charge in [0.25, 0.3) is 0 Å². The van der Waals surface area contributed by atoms with E-state index in [1.54, 1.807) is 4.90 Å². The molecule has 1 fully saturated rings. The number of amides is 2. The maximum Gasteiger partial charge on any atom is 0.229 e. The lowest BCUT2D eigenvalue weighted by Gasteiger charge is -2.24. The molecule has 1 atom stereocenters. The van der Waals surface area contributed by atoms with Crippen LogP contribution in [-0.4, -0.2) is 31.4 Å². The molecule has 1 aliphatic rings. The first-order chi connectivity index (χ1) is 13.8. The van der Waals surface area contributed by atoms with Crippen molar-refractivity contribution in [3.8, 4) is 0 Å². The highest BCUT2D eigenvalue weighted by atomic mass is 16.2. The first-order valence-electron chi connectivity index (χ1n) is 10.4. The molecule has 0 radical (unpaired) electrons. The number of nitrogens with zero attached hydrogens (tertiary/aromatic N) is 2. The second-order valence-electron chi connectivity index (χ2n) is 7.84. The van der Waals surface area contributed by atoms with Crippen molar-refractivity contribution in [1.29, 1.82) is 0 Å². The van der Waals surface area contributed by atoms with Crippen LogP contribution in [0.25, 0.3) is 0 Å². The van der Waals surface area contributed by atoms with E-state index in [9.17, 15) is 9.59 Å². The van der Waals surface area contributed by atoms with Crippen molar-refractivity contribution in [2.45, 2.75) is 41.0 Å². The van der Waals surface area contributed by atoms with Crippen LogP contribution < -0.4 is 15.1 Å². The third-order valence-corrected chi connectivity index (χ3v) is 5.87. The van der Waals surface area contributed by atoms with Crippen LogP contribution in [0.5, 0.6) is 0 Å². The molecule has 5 heteroatoms. The molecular weight excluding hydrogens is 362 g/mol. The third kappa shape index (κ3) is 4.44. The monoisotopic (exact) mass is 393 g/mol. The van der Waals surface area contributed by atoms with E-state index >= 15 is 0 Å². The van der Waals surface area contributed by atoms with E-state index in [1.807, 2.05) is 45.0 Å². The molecule has 5 nitrogen and oxygen atoms in total. The van der Waals surface area contributed by atoms with Gasteiger partial charge in [-0.3, -0.25) is 9.59 Å². The van der Waals surface area contributed by atoms with Crippen LogP contribution in [0.4, 0.5) is 17.1 Å². The standard InChI is InChI=1S/C24H31N3O2/c1-6-26(7-2)21-10-11-22(18(5)13-21)27-15-19(14-23(27)28)24(29)25-20-9-8-16(3)17(4)12-20/h8-13,19H,6-7,14-15H2,1-5H3,(H,25,29). The summed E-state index contributed by atoms with van der Waals surface area (Å²) in [6.45, 7) is 12.7. The Bertz CT molecular complexity index is 918. The Morgan fingerprint density at radius 3 is 2.38 bits per heavy atom.